The largest absolute Gasteiger partial charge is 0.461 e. The summed E-state index contributed by atoms with van der Waals surface area (Å²) in [6, 6.07) is -1.02. The Labute approximate surface area is 418 Å². The molecule has 4 rings (SSSR count). The van der Waals surface area contributed by atoms with Crippen LogP contribution in [-0.4, -0.2) is 125 Å². The highest BCUT2D eigenvalue weighted by Crippen LogP contribution is 2.38. The van der Waals surface area contributed by atoms with Crippen LogP contribution in [0, 0.1) is 41.4 Å². The van der Waals surface area contributed by atoms with Crippen LogP contribution in [0.2, 0.25) is 0 Å². The van der Waals surface area contributed by atoms with Crippen LogP contribution in [0.4, 0.5) is 4.79 Å². The van der Waals surface area contributed by atoms with Crippen LogP contribution in [0.3, 0.4) is 0 Å². The summed E-state index contributed by atoms with van der Waals surface area (Å²) < 4.78 is 29.4. The number of aliphatic hydroxyl groups excluding tert-OH is 2. The summed E-state index contributed by atoms with van der Waals surface area (Å²) in [4.78, 5) is 70.0. The number of allylic oxidation sites excluding steroid dienone is 5. The maximum absolute atomic E-state index is 14.4. The predicted molar refractivity (Wildman–Crippen MR) is 267 cm³/mol. The van der Waals surface area contributed by atoms with E-state index in [1.807, 2.05) is 52.0 Å². The molecule has 1 unspecified atom stereocenters. The molecule has 70 heavy (non-hydrogen) atoms. The number of amides is 2. The Bertz CT molecular complexity index is 1850. The minimum Gasteiger partial charge on any atom is -0.461 e. The molecule has 4 aliphatic rings. The zero-order chi connectivity index (χ0) is 52.1. The first-order valence-corrected chi connectivity index (χ1v) is 26.3. The Morgan fingerprint density at radius 2 is 1.63 bits per heavy atom. The summed E-state index contributed by atoms with van der Waals surface area (Å²) in [6.45, 7) is 17.3. The van der Waals surface area contributed by atoms with Crippen LogP contribution in [-0.2, 0) is 42.9 Å². The monoisotopic (exact) mass is 987 g/mol. The van der Waals surface area contributed by atoms with Gasteiger partial charge < -0.3 is 49.6 Å². The average Bonchev–Trinajstić information content (AvgIpc) is 3.30. The number of aliphatic hydroxyl groups is 3. The second kappa shape index (κ2) is 27.0. The Morgan fingerprint density at radius 3 is 2.30 bits per heavy atom. The van der Waals surface area contributed by atoms with E-state index in [4.69, 9.17) is 29.4 Å². The fraction of sp³-hybridized carbons (Fsp3) is 0.800. The standard InChI is InChI=1S/C55H90N2O13/c1-33-15-20-40(32-54(8,9)70-53(56)64)21-16-34(2)28-37(5)47(59)49(67-11)48(60)38(6)29-35(3)18-26-45(36(4)30-41-22-25-44(58)46(31-41)66-10)68-52(63)43-14-12-13-27-57(43)51(62)50(61)55(65)39(7)19-24-42(69-55)23-17-33/h15-16,20-21,34-39,41-46,48-49,58,60,65H,12-14,17-19,22-32H2,1-11H3,(H2,56,64)/b21-16+,33-15?,40-20?/t34-,35+,36-,37-,38?,39-,41+,42-,43+,44-,45+,46-,48-,49+,55-/m1/s1. The van der Waals surface area contributed by atoms with E-state index in [0.29, 0.717) is 89.9 Å². The van der Waals surface area contributed by atoms with Crippen molar-refractivity contribution >= 4 is 29.5 Å². The third kappa shape index (κ3) is 16.8. The Hall–Kier alpha value is -3.47. The maximum atomic E-state index is 14.4. The van der Waals surface area contributed by atoms with Crippen LogP contribution < -0.4 is 5.73 Å². The van der Waals surface area contributed by atoms with Crippen molar-refractivity contribution in [2.75, 3.05) is 20.8 Å². The van der Waals surface area contributed by atoms with Crippen LogP contribution >= 0.6 is 0 Å². The van der Waals surface area contributed by atoms with Gasteiger partial charge in [0.2, 0.25) is 5.79 Å². The van der Waals surface area contributed by atoms with Gasteiger partial charge in [0.15, 0.2) is 5.78 Å². The maximum Gasteiger partial charge on any atom is 0.405 e. The first kappa shape index (κ1) is 59.1. The van der Waals surface area contributed by atoms with Crippen molar-refractivity contribution in [2.24, 2.45) is 47.2 Å². The van der Waals surface area contributed by atoms with Gasteiger partial charge in [0, 0.05) is 39.0 Å². The molecule has 0 aromatic rings. The average molecular weight is 987 g/mol. The molecule has 3 aliphatic heterocycles. The van der Waals surface area contributed by atoms with Crippen molar-refractivity contribution in [3.63, 3.8) is 0 Å². The highest BCUT2D eigenvalue weighted by Gasteiger charge is 2.53. The lowest BCUT2D eigenvalue weighted by molar-refractivity contribution is -0.263. The number of primary amides is 1. The number of nitrogens with two attached hydrogens (primary N) is 1. The number of rotatable bonds is 8. The van der Waals surface area contributed by atoms with Gasteiger partial charge in [-0.25, -0.2) is 9.59 Å². The first-order valence-electron chi connectivity index (χ1n) is 26.3. The molecule has 2 amide bonds. The SMILES string of the molecule is CO[C@@H]1C[C@H](C[C@@H](C)[C@@H]2CC[C@H](C)CC(C)[C@@H](O)[C@@H](OC)C(=O)[C@H](C)C[C@H](C)/C=C/C(CC(C)(C)OC(N)=O)=CC=C(C)CC[C@@H]3CC[C@@H](C)[C@@](O)(O3)C(=O)C(=O)N3CCCC[C@H]3C(=O)O2)CC[C@H]1O. The van der Waals surface area contributed by atoms with E-state index in [0.717, 1.165) is 24.0 Å². The molecule has 2 bridgehead atoms. The van der Waals surface area contributed by atoms with Crippen LogP contribution in [0.25, 0.3) is 0 Å². The summed E-state index contributed by atoms with van der Waals surface area (Å²) in [7, 11) is 3.06. The summed E-state index contributed by atoms with van der Waals surface area (Å²) in [5, 5.41) is 34.2. The van der Waals surface area contributed by atoms with Crippen molar-refractivity contribution in [3.8, 4) is 0 Å². The van der Waals surface area contributed by atoms with Crippen molar-refractivity contribution in [3.05, 3.63) is 35.5 Å². The second-order valence-corrected chi connectivity index (χ2v) is 22.5. The van der Waals surface area contributed by atoms with Gasteiger partial charge in [-0.15, -0.1) is 0 Å². The van der Waals surface area contributed by atoms with E-state index in [1.54, 1.807) is 27.9 Å². The van der Waals surface area contributed by atoms with E-state index < -0.39 is 83.5 Å². The van der Waals surface area contributed by atoms with E-state index in [9.17, 15) is 39.3 Å². The lowest BCUT2D eigenvalue weighted by atomic mass is 9.78. The van der Waals surface area contributed by atoms with E-state index in [-0.39, 0.29) is 48.0 Å². The molecule has 0 radical (unpaired) electrons. The number of hydrogen-bond donors (Lipinski definition) is 4. The molecule has 1 aliphatic carbocycles. The van der Waals surface area contributed by atoms with Crippen molar-refractivity contribution < 1.29 is 63.0 Å². The van der Waals surface area contributed by atoms with Gasteiger partial charge in [-0.1, -0.05) is 71.4 Å². The summed E-state index contributed by atoms with van der Waals surface area (Å²) >= 11 is 0. The van der Waals surface area contributed by atoms with Crippen LogP contribution in [0.5, 0.6) is 0 Å². The molecule has 15 heteroatoms. The number of carbonyl (C=O) groups excluding carboxylic acids is 5. The number of methoxy groups -OCH3 is 2. The molecule has 15 nitrogen and oxygen atoms in total. The lowest BCUT2D eigenvalue weighted by Gasteiger charge is -2.42. The number of piperidine rings is 1. The quantitative estimate of drug-likeness (QED) is 0.134. The molecule has 398 valence electrons. The number of ketones is 2. The topological polar surface area (TPSA) is 221 Å². The Balaban J connectivity index is 1.68. The predicted octanol–water partition coefficient (Wildman–Crippen LogP) is 8.09. The van der Waals surface area contributed by atoms with E-state index in [2.05, 4.69) is 13.8 Å². The van der Waals surface area contributed by atoms with Gasteiger partial charge in [0.25, 0.3) is 11.7 Å². The molecule has 15 atom stereocenters. The molecule has 5 N–H and O–H groups in total. The second-order valence-electron chi connectivity index (χ2n) is 22.5. The van der Waals surface area contributed by atoms with Gasteiger partial charge in [0.1, 0.15) is 23.9 Å². The first-order chi connectivity index (χ1) is 32.9. The van der Waals surface area contributed by atoms with E-state index in [1.165, 1.54) is 12.0 Å². The van der Waals surface area contributed by atoms with Crippen molar-refractivity contribution in [1.29, 1.82) is 0 Å². The fourth-order valence-electron chi connectivity index (χ4n) is 11.4. The van der Waals surface area contributed by atoms with Gasteiger partial charge in [-0.05, 0) is 152 Å². The van der Waals surface area contributed by atoms with Crippen molar-refractivity contribution in [2.45, 2.75) is 219 Å². The highest BCUT2D eigenvalue weighted by molar-refractivity contribution is 6.39. The van der Waals surface area contributed by atoms with E-state index >= 15 is 0 Å². The minimum atomic E-state index is -2.37. The van der Waals surface area contributed by atoms with Crippen LogP contribution in [0.15, 0.2) is 35.5 Å². The molecular formula is C55H90N2O13. The number of Topliss-reactive ketones (excluding diaryl/α,β-unsaturated/α-hetero) is 2. The highest BCUT2D eigenvalue weighted by atomic mass is 16.6. The van der Waals surface area contributed by atoms with Gasteiger partial charge in [-0.2, -0.15) is 0 Å². The number of cyclic esters (lactones) is 1. The van der Waals surface area contributed by atoms with Gasteiger partial charge in [0.05, 0.1) is 24.4 Å². The third-order valence-electron chi connectivity index (χ3n) is 15.7. The minimum absolute atomic E-state index is 0.0498. The summed E-state index contributed by atoms with van der Waals surface area (Å²) in [5.74, 6) is -6.44. The molecule has 0 aromatic carbocycles. The molecule has 1 saturated carbocycles. The molecular weight excluding hydrogens is 897 g/mol. The van der Waals surface area contributed by atoms with Crippen LogP contribution in [0.1, 0.15) is 165 Å². The number of nitrogens with zero attached hydrogens (tertiary/aromatic N) is 1. The number of esters is 1. The normalized spacial score (nSPS) is 36.8. The number of ether oxygens (including phenoxy) is 5. The number of carbonyl (C=O) groups is 5. The molecule has 2 saturated heterocycles. The summed E-state index contributed by atoms with van der Waals surface area (Å²) in [5.41, 5.74) is 6.32. The Kier molecular flexibility index (Phi) is 22.8. The lowest BCUT2D eigenvalue weighted by Crippen LogP contribution is -2.60. The Morgan fingerprint density at radius 1 is 0.914 bits per heavy atom. The number of hydrogen-bond acceptors (Lipinski definition) is 13. The summed E-state index contributed by atoms with van der Waals surface area (Å²) in [6.07, 6.45) is 12.0. The molecule has 0 spiro atoms. The molecule has 3 heterocycles. The zero-order valence-electron chi connectivity index (χ0n) is 44.4. The fourth-order valence-corrected chi connectivity index (χ4v) is 11.4. The number of fused-ring (bicyclic) bond motifs is 3. The van der Waals surface area contributed by atoms with Gasteiger partial charge in [-0.3, -0.25) is 14.4 Å². The zero-order valence-corrected chi connectivity index (χ0v) is 44.4. The third-order valence-corrected chi connectivity index (χ3v) is 15.7. The van der Waals surface area contributed by atoms with Crippen molar-refractivity contribution in [1.82, 2.24) is 4.90 Å². The molecule has 3 fully saturated rings. The smallest absolute Gasteiger partial charge is 0.405 e. The molecule has 0 aromatic heterocycles. The van der Waals surface area contributed by atoms with Gasteiger partial charge >= 0.3 is 12.1 Å².